The number of rotatable bonds is 8. The number of cyclic esters (lactones) is 1. The van der Waals surface area contributed by atoms with Crippen molar-refractivity contribution in [1.29, 1.82) is 0 Å². The van der Waals surface area contributed by atoms with Crippen molar-refractivity contribution in [2.75, 3.05) is 13.2 Å². The maximum atomic E-state index is 14.2. The lowest BCUT2D eigenvalue weighted by molar-refractivity contribution is -0.390. The van der Waals surface area contributed by atoms with E-state index in [1.165, 1.54) is 56.4 Å². The van der Waals surface area contributed by atoms with Gasteiger partial charge in [-0.1, -0.05) is 18.2 Å². The number of ketones is 1. The molecule has 1 saturated heterocycles. The fraction of sp³-hybridized carbons (Fsp3) is 0.558. The summed E-state index contributed by atoms with van der Waals surface area (Å²) in [5, 5.41) is 13.7. The van der Waals surface area contributed by atoms with Gasteiger partial charge in [-0.3, -0.25) is 33.8 Å². The third-order valence-electron chi connectivity index (χ3n) is 12.0. The summed E-state index contributed by atoms with van der Waals surface area (Å²) < 4.78 is 55.7. The number of nitrogens with zero attached hydrogens (tertiary/aromatic N) is 1. The van der Waals surface area contributed by atoms with Crippen LogP contribution in [0.3, 0.4) is 0 Å². The van der Waals surface area contributed by atoms with Crippen molar-refractivity contribution in [2.24, 2.45) is 11.3 Å². The number of hydrogen-bond acceptors (Lipinski definition) is 19. The van der Waals surface area contributed by atoms with Gasteiger partial charge < -0.3 is 47.7 Å². The molecule has 3 fully saturated rings. The number of esters is 7. The van der Waals surface area contributed by atoms with Gasteiger partial charge in [-0.25, -0.2) is 9.59 Å². The van der Waals surface area contributed by atoms with E-state index >= 15 is 0 Å². The van der Waals surface area contributed by atoms with Crippen LogP contribution in [0.2, 0.25) is 0 Å². The Morgan fingerprint density at radius 2 is 1.35 bits per heavy atom. The average molecular weight is 868 g/mol. The Kier molecular flexibility index (Phi) is 12.7. The molecule has 4 bridgehead atoms. The van der Waals surface area contributed by atoms with Crippen molar-refractivity contribution in [2.45, 2.75) is 128 Å². The Morgan fingerprint density at radius 1 is 0.758 bits per heavy atom. The Balaban J connectivity index is 1.77. The molecule has 4 aliphatic rings. The largest absolute Gasteiger partial charge is 0.465 e. The summed E-state index contributed by atoms with van der Waals surface area (Å²) in [6.45, 7) is 7.13. The molecule has 0 radical (unpaired) electrons. The molecular weight excluding hydrogens is 818 g/mol. The van der Waals surface area contributed by atoms with E-state index in [4.69, 9.17) is 42.6 Å². The van der Waals surface area contributed by atoms with Crippen LogP contribution < -0.4 is 0 Å². The molecule has 0 unspecified atom stereocenters. The van der Waals surface area contributed by atoms with E-state index in [1.54, 1.807) is 6.07 Å². The summed E-state index contributed by atoms with van der Waals surface area (Å²) in [4.78, 5) is 113. The third-order valence-corrected chi connectivity index (χ3v) is 12.0. The number of carbonyl (C=O) groups is 8. The number of aryl methyl sites for hydroxylation is 1. The minimum Gasteiger partial charge on any atom is -0.465 e. The molecule has 1 spiro atoms. The highest BCUT2D eigenvalue weighted by atomic mass is 16.7. The summed E-state index contributed by atoms with van der Waals surface area (Å²) in [5.41, 5.74) is -10.1. The Labute approximate surface area is 355 Å². The molecular formula is C43H49NO18. The standard InChI is InChI=1S/C43H49NO18/c1-21-30(50)17-16-29-28(15-12-18-44-29)39(52)55-19-40(7)31-32(57-23(3)46)36(59-25(5)48)42(20-54-22(2)45)37(60-26(6)49)33(61-38(51)27-13-10-9-11-14-27)35(56-21)41(8,53)43(42,62-40)34(31)58-24(4)47/h9-15,18,21,31-37,53H,16-17,19-20H2,1-8H3/t21-,31+,32+,33-,34+,35-,36+,37-,40-,41+,42+,43-/m0/s1. The topological polar surface area (TPSA) is 253 Å². The molecule has 0 amide bonds. The van der Waals surface area contributed by atoms with E-state index in [0.29, 0.717) is 0 Å². The first kappa shape index (κ1) is 45.7. The van der Waals surface area contributed by atoms with Crippen molar-refractivity contribution in [1.82, 2.24) is 4.98 Å². The van der Waals surface area contributed by atoms with E-state index in [0.717, 1.165) is 41.5 Å². The number of carbonyl (C=O) groups excluding carboxylic acids is 8. The van der Waals surface area contributed by atoms with Crippen molar-refractivity contribution >= 4 is 47.6 Å². The van der Waals surface area contributed by atoms with Crippen LogP contribution in [0.25, 0.3) is 0 Å². The summed E-state index contributed by atoms with van der Waals surface area (Å²) in [5.74, 6) is -9.18. The quantitative estimate of drug-likeness (QED) is 0.294. The SMILES string of the molecule is CC(=O)OC[C@]12[C@H](OC(C)=O)[C@H](OC(C)=O)[C@@H]3[C@@H](OC(C)=O)[C@@]14O[C@@]3(C)COC(=O)c1cccnc1CCC(=O)[C@H](C)O[C@@H]([C@H](OC(=O)c1ccccc1)[C@@H]2OC(C)=O)[C@@]4(C)O. The number of ether oxygens (including phenoxy) is 9. The molecule has 2 saturated carbocycles. The minimum absolute atomic E-state index is 0.0184. The second-order valence-electron chi connectivity index (χ2n) is 16.3. The second kappa shape index (κ2) is 17.2. The van der Waals surface area contributed by atoms with Crippen LogP contribution in [-0.2, 0) is 77.8 Å². The summed E-state index contributed by atoms with van der Waals surface area (Å²) in [7, 11) is 0. The number of hydrogen-bond donors (Lipinski definition) is 1. The van der Waals surface area contributed by atoms with Gasteiger partial charge in [0.1, 0.15) is 54.2 Å². The number of aromatic nitrogens is 1. The fourth-order valence-electron chi connectivity index (χ4n) is 9.79. The van der Waals surface area contributed by atoms with Crippen LogP contribution in [0.5, 0.6) is 0 Å². The monoisotopic (exact) mass is 867 g/mol. The molecule has 62 heavy (non-hydrogen) atoms. The Morgan fingerprint density at radius 3 is 1.95 bits per heavy atom. The predicted octanol–water partition coefficient (Wildman–Crippen LogP) is 1.95. The Hall–Kier alpha value is -5.79. The molecule has 334 valence electrons. The molecule has 6 rings (SSSR count). The van der Waals surface area contributed by atoms with Crippen molar-refractivity contribution in [3.8, 4) is 0 Å². The van der Waals surface area contributed by atoms with Crippen LogP contribution in [0.4, 0.5) is 0 Å². The van der Waals surface area contributed by atoms with Gasteiger partial charge in [-0.2, -0.15) is 0 Å². The van der Waals surface area contributed by atoms with Gasteiger partial charge in [0.15, 0.2) is 29.7 Å². The minimum atomic E-state index is -2.79. The normalized spacial score (nSPS) is 35.1. The average Bonchev–Trinajstić information content (AvgIpc) is 3.41. The smallest absolute Gasteiger partial charge is 0.340 e. The molecule has 2 aliphatic heterocycles. The molecule has 19 heteroatoms. The number of aliphatic hydroxyl groups is 1. The summed E-state index contributed by atoms with van der Waals surface area (Å²) in [6, 6.07) is 10.4. The molecule has 1 aromatic carbocycles. The van der Waals surface area contributed by atoms with Gasteiger partial charge in [0, 0.05) is 47.2 Å². The van der Waals surface area contributed by atoms with E-state index in [2.05, 4.69) is 4.98 Å². The maximum Gasteiger partial charge on any atom is 0.340 e. The first-order valence-electron chi connectivity index (χ1n) is 19.9. The van der Waals surface area contributed by atoms with E-state index in [-0.39, 0.29) is 29.7 Å². The summed E-state index contributed by atoms with van der Waals surface area (Å²) in [6.07, 6.45) is -12.3. The third kappa shape index (κ3) is 7.81. The number of fused-ring (bicyclic) bond motifs is 5. The van der Waals surface area contributed by atoms with Crippen LogP contribution >= 0.6 is 0 Å². The second-order valence-corrected chi connectivity index (χ2v) is 16.3. The first-order valence-corrected chi connectivity index (χ1v) is 19.9. The Bertz CT molecular complexity index is 2140. The molecule has 3 heterocycles. The highest BCUT2D eigenvalue weighted by molar-refractivity contribution is 5.91. The zero-order chi connectivity index (χ0) is 45.5. The molecule has 12 atom stereocenters. The van der Waals surface area contributed by atoms with Crippen LogP contribution in [0, 0.1) is 11.3 Å². The summed E-state index contributed by atoms with van der Waals surface area (Å²) >= 11 is 0. The van der Waals surface area contributed by atoms with Crippen molar-refractivity contribution in [3.63, 3.8) is 0 Å². The zero-order valence-corrected chi connectivity index (χ0v) is 35.4. The van der Waals surface area contributed by atoms with Gasteiger partial charge in [0.25, 0.3) is 0 Å². The van der Waals surface area contributed by atoms with Crippen molar-refractivity contribution in [3.05, 3.63) is 65.5 Å². The predicted molar refractivity (Wildman–Crippen MR) is 205 cm³/mol. The van der Waals surface area contributed by atoms with Crippen molar-refractivity contribution < 1.29 is 86.1 Å². The van der Waals surface area contributed by atoms with Crippen LogP contribution in [0.1, 0.15) is 88.2 Å². The van der Waals surface area contributed by atoms with Gasteiger partial charge in [-0.15, -0.1) is 0 Å². The van der Waals surface area contributed by atoms with E-state index < -0.39 is 132 Å². The number of benzene rings is 1. The zero-order valence-electron chi connectivity index (χ0n) is 35.4. The van der Waals surface area contributed by atoms with Gasteiger partial charge in [0.2, 0.25) is 0 Å². The highest BCUT2D eigenvalue weighted by Gasteiger charge is 2.91. The molecule has 2 aliphatic carbocycles. The lowest BCUT2D eigenvalue weighted by atomic mass is 9.45. The molecule has 2 aromatic rings. The number of Topliss-reactive ketones (excluding diaryl/α,β-unsaturated/α-hetero) is 1. The van der Waals surface area contributed by atoms with Crippen LogP contribution in [-0.4, -0.2) is 130 Å². The number of pyridine rings is 1. The first-order chi connectivity index (χ1) is 29.1. The fourth-order valence-corrected chi connectivity index (χ4v) is 9.79. The molecule has 19 nitrogen and oxygen atoms in total. The van der Waals surface area contributed by atoms with E-state index in [1.807, 2.05) is 0 Å². The van der Waals surface area contributed by atoms with E-state index in [9.17, 15) is 43.5 Å². The lowest BCUT2D eigenvalue weighted by Gasteiger charge is -2.68. The van der Waals surface area contributed by atoms with Gasteiger partial charge in [-0.05, 0) is 51.5 Å². The maximum absolute atomic E-state index is 14.2. The molecule has 1 aromatic heterocycles. The van der Waals surface area contributed by atoms with Gasteiger partial charge >= 0.3 is 41.8 Å². The highest BCUT2D eigenvalue weighted by Crippen LogP contribution is 2.70. The lowest BCUT2D eigenvalue weighted by Crippen LogP contribution is -2.89. The van der Waals surface area contributed by atoms with Crippen LogP contribution in [0.15, 0.2) is 48.7 Å². The van der Waals surface area contributed by atoms with Gasteiger partial charge in [0.05, 0.1) is 22.7 Å². The molecule has 1 N–H and O–H groups in total.